The first-order valence-electron chi connectivity index (χ1n) is 8.82. The monoisotopic (exact) mass is 312 g/mol. The Kier molecular flexibility index (Phi) is 3.92. The smallest absolute Gasteiger partial charge is 0.195 e. The van der Waals surface area contributed by atoms with Gasteiger partial charge in [-0.15, -0.1) is 0 Å². The second-order valence-electron chi connectivity index (χ2n) is 9.50. The molecule has 4 nitrogen and oxygen atoms in total. The van der Waals surface area contributed by atoms with Crippen LogP contribution >= 0.6 is 0 Å². The van der Waals surface area contributed by atoms with Crippen molar-refractivity contribution >= 4 is 0 Å². The Morgan fingerprint density at radius 2 is 0.909 bits per heavy atom. The summed E-state index contributed by atoms with van der Waals surface area (Å²) in [5.74, 6) is -0.950. The summed E-state index contributed by atoms with van der Waals surface area (Å²) < 4.78 is 0. The van der Waals surface area contributed by atoms with E-state index in [-0.39, 0.29) is 11.8 Å². The molecule has 2 spiro atoms. The van der Waals surface area contributed by atoms with Crippen LogP contribution < -0.4 is 0 Å². The summed E-state index contributed by atoms with van der Waals surface area (Å²) in [7, 11) is 0. The van der Waals surface area contributed by atoms with E-state index in [0.29, 0.717) is 10.8 Å². The van der Waals surface area contributed by atoms with Gasteiger partial charge in [-0.3, -0.25) is 0 Å². The predicted octanol–water partition coefficient (Wildman–Crippen LogP) is 4.98. The Bertz CT molecular complexity index is 381. The van der Waals surface area contributed by atoms with E-state index in [1.807, 2.05) is 0 Å². The van der Waals surface area contributed by atoms with Crippen molar-refractivity contribution in [3.05, 3.63) is 0 Å². The van der Waals surface area contributed by atoms with Crippen molar-refractivity contribution in [1.29, 1.82) is 0 Å². The Morgan fingerprint density at radius 1 is 0.591 bits per heavy atom. The summed E-state index contributed by atoms with van der Waals surface area (Å²) in [5.41, 5.74) is 0.656. The van der Waals surface area contributed by atoms with Crippen molar-refractivity contribution in [3.8, 4) is 0 Å². The summed E-state index contributed by atoms with van der Waals surface area (Å²) in [6, 6.07) is 0. The van der Waals surface area contributed by atoms with Gasteiger partial charge in [0.25, 0.3) is 0 Å². The van der Waals surface area contributed by atoms with Gasteiger partial charge in [0.05, 0.1) is 0 Å². The van der Waals surface area contributed by atoms with Crippen LogP contribution in [-0.2, 0) is 19.6 Å². The van der Waals surface area contributed by atoms with Gasteiger partial charge in [0.15, 0.2) is 0 Å². The first-order chi connectivity index (χ1) is 10.1. The molecule has 3 aliphatic rings. The van der Waals surface area contributed by atoms with Crippen LogP contribution in [0.3, 0.4) is 0 Å². The van der Waals surface area contributed by atoms with Crippen LogP contribution in [0.25, 0.3) is 0 Å². The third kappa shape index (κ3) is 2.83. The second kappa shape index (κ2) is 5.17. The average Bonchev–Trinajstić information content (AvgIpc) is 2.41. The quantitative estimate of drug-likeness (QED) is 0.591. The Morgan fingerprint density at radius 3 is 1.18 bits per heavy atom. The minimum absolute atomic E-state index is 0.254. The maximum Gasteiger partial charge on any atom is 0.236 e. The van der Waals surface area contributed by atoms with E-state index in [1.165, 1.54) is 0 Å². The first kappa shape index (κ1) is 16.7. The first-order valence-corrected chi connectivity index (χ1v) is 8.82. The molecule has 1 aliphatic heterocycles. The highest BCUT2D eigenvalue weighted by Crippen LogP contribution is 2.53. The van der Waals surface area contributed by atoms with Crippen molar-refractivity contribution in [2.24, 2.45) is 22.7 Å². The lowest BCUT2D eigenvalue weighted by atomic mass is 9.69. The number of rotatable bonds is 0. The largest absolute Gasteiger partial charge is 0.236 e. The van der Waals surface area contributed by atoms with Gasteiger partial charge in [-0.1, -0.05) is 41.5 Å². The zero-order chi connectivity index (χ0) is 16.2. The molecule has 0 bridgehead atoms. The van der Waals surface area contributed by atoms with Gasteiger partial charge >= 0.3 is 0 Å². The van der Waals surface area contributed by atoms with Crippen LogP contribution in [0.2, 0.25) is 0 Å². The number of hydrogen-bond acceptors (Lipinski definition) is 4. The SMILES string of the molecule is C[C@@H]1CC(C)(C)CCC12OOC1(CCC(C)(C)C[C@@H]1C)OO2. The molecule has 0 amide bonds. The zero-order valence-corrected chi connectivity index (χ0v) is 15.0. The summed E-state index contributed by atoms with van der Waals surface area (Å²) in [6.45, 7) is 13.5. The van der Waals surface area contributed by atoms with Crippen LogP contribution in [0, 0.1) is 22.7 Å². The molecule has 0 radical (unpaired) electrons. The van der Waals surface area contributed by atoms with E-state index in [4.69, 9.17) is 19.6 Å². The number of hydrogen-bond donors (Lipinski definition) is 0. The maximum atomic E-state index is 5.90. The van der Waals surface area contributed by atoms with Gasteiger partial charge < -0.3 is 0 Å². The molecule has 22 heavy (non-hydrogen) atoms. The molecule has 2 atom stereocenters. The van der Waals surface area contributed by atoms with Gasteiger partial charge in [0.2, 0.25) is 11.6 Å². The summed E-state index contributed by atoms with van der Waals surface area (Å²) in [5, 5.41) is 0. The minimum atomic E-state index is -0.729. The third-order valence-electron chi connectivity index (χ3n) is 6.17. The fourth-order valence-corrected chi connectivity index (χ4v) is 4.50. The van der Waals surface area contributed by atoms with Crippen LogP contribution in [0.1, 0.15) is 80.1 Å². The normalized spacial score (nSPS) is 39.0. The summed E-state index contributed by atoms with van der Waals surface area (Å²) in [4.78, 5) is 23.6. The molecule has 0 aromatic heterocycles. The molecular formula is C18H32O4. The lowest BCUT2D eigenvalue weighted by Crippen LogP contribution is -2.59. The Balaban J connectivity index is 1.68. The van der Waals surface area contributed by atoms with Crippen LogP contribution in [-0.4, -0.2) is 11.6 Å². The molecule has 0 aromatic rings. The van der Waals surface area contributed by atoms with Crippen LogP contribution in [0.15, 0.2) is 0 Å². The van der Waals surface area contributed by atoms with Gasteiger partial charge in [-0.25, -0.2) is 0 Å². The fourth-order valence-electron chi connectivity index (χ4n) is 4.50. The molecule has 2 aliphatic carbocycles. The maximum absolute atomic E-state index is 5.90. The van der Waals surface area contributed by atoms with Crippen molar-refractivity contribution in [2.45, 2.75) is 91.6 Å². The molecule has 3 rings (SSSR count). The van der Waals surface area contributed by atoms with Crippen LogP contribution in [0.4, 0.5) is 0 Å². The van der Waals surface area contributed by atoms with Crippen molar-refractivity contribution in [2.75, 3.05) is 0 Å². The van der Waals surface area contributed by atoms with Crippen molar-refractivity contribution < 1.29 is 19.6 Å². The van der Waals surface area contributed by atoms with Crippen LogP contribution in [0.5, 0.6) is 0 Å². The standard InChI is InChI=1S/C18H32O4/c1-13-11-15(3,4)7-9-17(13)19-21-18(22-20-17)10-8-16(5,6)12-14(18)2/h13-14H,7-12H2,1-6H3/t13-,14+,17?,18?. The molecule has 0 unspecified atom stereocenters. The van der Waals surface area contributed by atoms with Crippen molar-refractivity contribution in [3.63, 3.8) is 0 Å². The molecule has 1 saturated heterocycles. The lowest BCUT2D eigenvalue weighted by Gasteiger charge is -2.53. The molecule has 1 heterocycles. The van der Waals surface area contributed by atoms with Gasteiger partial charge in [0.1, 0.15) is 0 Å². The predicted molar refractivity (Wildman–Crippen MR) is 83.4 cm³/mol. The van der Waals surface area contributed by atoms with E-state index in [2.05, 4.69) is 41.5 Å². The fraction of sp³-hybridized carbons (Fsp3) is 1.00. The van der Waals surface area contributed by atoms with E-state index < -0.39 is 11.6 Å². The molecular weight excluding hydrogens is 280 g/mol. The topological polar surface area (TPSA) is 36.9 Å². The highest BCUT2D eigenvalue weighted by atomic mass is 17.4. The lowest BCUT2D eigenvalue weighted by molar-refractivity contribution is -0.676. The highest BCUT2D eigenvalue weighted by molar-refractivity contribution is 4.92. The van der Waals surface area contributed by atoms with Gasteiger partial charge in [-0.2, -0.15) is 19.6 Å². The molecule has 0 aromatic carbocycles. The molecule has 2 saturated carbocycles. The molecule has 4 heteroatoms. The summed E-state index contributed by atoms with van der Waals surface area (Å²) in [6.07, 6.45) is 5.85. The zero-order valence-electron chi connectivity index (χ0n) is 15.0. The minimum Gasteiger partial charge on any atom is -0.195 e. The molecule has 3 fully saturated rings. The van der Waals surface area contributed by atoms with Crippen molar-refractivity contribution in [1.82, 2.24) is 0 Å². The molecule has 128 valence electrons. The summed E-state index contributed by atoms with van der Waals surface area (Å²) >= 11 is 0. The van der Waals surface area contributed by atoms with E-state index in [1.54, 1.807) is 0 Å². The van der Waals surface area contributed by atoms with E-state index in [9.17, 15) is 0 Å². The van der Waals surface area contributed by atoms with E-state index >= 15 is 0 Å². The second-order valence-corrected chi connectivity index (χ2v) is 9.50. The van der Waals surface area contributed by atoms with Gasteiger partial charge in [0, 0.05) is 24.7 Å². The van der Waals surface area contributed by atoms with Gasteiger partial charge in [-0.05, 0) is 36.5 Å². The van der Waals surface area contributed by atoms with E-state index in [0.717, 1.165) is 38.5 Å². The highest BCUT2D eigenvalue weighted by Gasteiger charge is 2.58. The molecule has 0 N–H and O–H groups in total. The Hall–Kier alpha value is -0.160. The third-order valence-corrected chi connectivity index (χ3v) is 6.17. The average molecular weight is 312 g/mol. The Labute approximate surface area is 134 Å².